The number of nitrogens with two attached hydrogens (primary N) is 1. The zero-order chi connectivity index (χ0) is 25.5. The topological polar surface area (TPSA) is 93.2 Å². The average Bonchev–Trinajstić information content (AvgIpc) is 3.51. The van der Waals surface area contributed by atoms with Gasteiger partial charge in [-0.3, -0.25) is 4.79 Å². The third-order valence-corrected chi connectivity index (χ3v) is 7.62. The molecule has 0 unspecified atom stereocenters. The van der Waals surface area contributed by atoms with Gasteiger partial charge in [-0.2, -0.15) is 5.10 Å². The normalized spacial score (nSPS) is 17.3. The molecule has 0 bridgehead atoms. The van der Waals surface area contributed by atoms with E-state index in [2.05, 4.69) is 57.8 Å². The Kier molecular flexibility index (Phi) is 6.04. The summed E-state index contributed by atoms with van der Waals surface area (Å²) in [4.78, 5) is 25.2. The first-order chi connectivity index (χ1) is 18.0. The number of piperidine rings is 1. The molecule has 0 aliphatic carbocycles. The van der Waals surface area contributed by atoms with E-state index in [1.807, 2.05) is 15.6 Å². The van der Waals surface area contributed by atoms with Gasteiger partial charge in [0.1, 0.15) is 17.8 Å². The molecule has 2 aromatic carbocycles. The summed E-state index contributed by atoms with van der Waals surface area (Å²) in [7, 11) is 0. The number of halogens is 1. The van der Waals surface area contributed by atoms with Crippen LogP contribution in [0, 0.1) is 0 Å². The number of fused-ring (bicyclic) bond motifs is 2. The molecule has 6 rings (SSSR count). The van der Waals surface area contributed by atoms with Crippen molar-refractivity contribution in [3.05, 3.63) is 77.6 Å². The van der Waals surface area contributed by atoms with Crippen molar-refractivity contribution in [1.29, 1.82) is 0 Å². The van der Waals surface area contributed by atoms with Crippen LogP contribution in [0.4, 0.5) is 11.5 Å². The summed E-state index contributed by atoms with van der Waals surface area (Å²) in [6.45, 7) is 6.72. The Morgan fingerprint density at radius 3 is 2.81 bits per heavy atom. The molecule has 2 aromatic heterocycles. The number of carbonyl (C=O) groups excluding carboxylic acids is 1. The lowest BCUT2D eigenvalue weighted by Gasteiger charge is -2.32. The van der Waals surface area contributed by atoms with Gasteiger partial charge < -0.3 is 15.5 Å². The van der Waals surface area contributed by atoms with Crippen LogP contribution in [0.25, 0.3) is 22.3 Å². The molecule has 188 valence electrons. The summed E-state index contributed by atoms with van der Waals surface area (Å²) < 4.78 is 1.92. The van der Waals surface area contributed by atoms with Crippen LogP contribution < -0.4 is 10.6 Å². The lowest BCUT2D eigenvalue weighted by atomic mass is 10.1. The fourth-order valence-corrected chi connectivity index (χ4v) is 5.72. The Hall–Kier alpha value is -3.91. The van der Waals surface area contributed by atoms with E-state index in [-0.39, 0.29) is 11.9 Å². The van der Waals surface area contributed by atoms with Gasteiger partial charge in [-0.25, -0.2) is 14.6 Å². The van der Waals surface area contributed by atoms with Gasteiger partial charge in [0.25, 0.3) is 0 Å². The molecule has 0 radical (unpaired) electrons. The Bertz CT molecular complexity index is 1500. The summed E-state index contributed by atoms with van der Waals surface area (Å²) in [5.41, 5.74) is 12.5. The maximum Gasteiger partial charge on any atom is 0.246 e. The molecular weight excluding hydrogens is 486 g/mol. The smallest absolute Gasteiger partial charge is 0.246 e. The third kappa shape index (κ3) is 4.31. The van der Waals surface area contributed by atoms with Gasteiger partial charge in [0, 0.05) is 42.5 Å². The highest BCUT2D eigenvalue weighted by atomic mass is 35.5. The van der Waals surface area contributed by atoms with Crippen LogP contribution in [0.2, 0.25) is 5.02 Å². The molecule has 1 amide bonds. The number of nitrogen functional groups attached to an aromatic ring is 1. The fraction of sp³-hybridized carbons (Fsp3) is 0.286. The number of anilines is 2. The molecule has 4 heterocycles. The van der Waals surface area contributed by atoms with Crippen LogP contribution in [0.3, 0.4) is 0 Å². The summed E-state index contributed by atoms with van der Waals surface area (Å²) in [5.74, 6) is 0.340. The monoisotopic (exact) mass is 513 g/mol. The third-order valence-electron chi connectivity index (χ3n) is 7.38. The van der Waals surface area contributed by atoms with Crippen molar-refractivity contribution in [3.8, 4) is 11.3 Å². The first-order valence-corrected chi connectivity index (χ1v) is 12.9. The molecule has 2 aliphatic heterocycles. The molecule has 37 heavy (non-hydrogen) atoms. The highest BCUT2D eigenvalue weighted by molar-refractivity contribution is 6.30. The number of likely N-dealkylation sites (tertiary alicyclic amines) is 1. The molecular formula is C28H28ClN7O. The number of hydrogen-bond donors (Lipinski definition) is 1. The van der Waals surface area contributed by atoms with Crippen LogP contribution in [0.15, 0.2) is 61.4 Å². The molecule has 8 nitrogen and oxygen atoms in total. The second kappa shape index (κ2) is 9.52. The summed E-state index contributed by atoms with van der Waals surface area (Å²) in [6, 6.07) is 14.6. The van der Waals surface area contributed by atoms with Crippen molar-refractivity contribution in [3.63, 3.8) is 0 Å². The molecule has 2 aliphatic rings. The SMILES string of the molecule is C=CC(=O)N1CCC[C@@H](n2nc(-c3ccc(CN4CCc5cc(Cl)ccc54)cc3)c3c(N)ncnc32)C1. The van der Waals surface area contributed by atoms with Crippen molar-refractivity contribution in [1.82, 2.24) is 24.6 Å². The van der Waals surface area contributed by atoms with E-state index in [1.165, 1.54) is 29.2 Å². The van der Waals surface area contributed by atoms with E-state index < -0.39 is 0 Å². The molecule has 0 spiro atoms. The summed E-state index contributed by atoms with van der Waals surface area (Å²) >= 11 is 6.17. The number of rotatable bonds is 5. The maximum atomic E-state index is 12.3. The van der Waals surface area contributed by atoms with Gasteiger partial charge in [0.2, 0.25) is 5.91 Å². The number of amides is 1. The van der Waals surface area contributed by atoms with E-state index in [9.17, 15) is 4.79 Å². The van der Waals surface area contributed by atoms with Crippen LogP contribution in [-0.4, -0.2) is 50.2 Å². The van der Waals surface area contributed by atoms with Crippen LogP contribution >= 0.6 is 11.6 Å². The van der Waals surface area contributed by atoms with Crippen molar-refractivity contribution in [2.75, 3.05) is 30.3 Å². The van der Waals surface area contributed by atoms with Gasteiger partial charge in [0.05, 0.1) is 11.4 Å². The molecule has 0 saturated carbocycles. The zero-order valence-corrected chi connectivity index (χ0v) is 21.2. The maximum absolute atomic E-state index is 12.3. The predicted octanol–water partition coefficient (Wildman–Crippen LogP) is 4.64. The number of benzene rings is 2. The van der Waals surface area contributed by atoms with Crippen LogP contribution in [0.5, 0.6) is 0 Å². The molecule has 1 saturated heterocycles. The summed E-state index contributed by atoms with van der Waals surface area (Å²) in [5, 5.41) is 6.51. The molecule has 1 atom stereocenters. The Morgan fingerprint density at radius 1 is 1.16 bits per heavy atom. The molecule has 2 N–H and O–H groups in total. The van der Waals surface area contributed by atoms with Gasteiger partial charge in [-0.1, -0.05) is 42.4 Å². The van der Waals surface area contributed by atoms with E-state index in [4.69, 9.17) is 22.4 Å². The lowest BCUT2D eigenvalue weighted by Crippen LogP contribution is -2.40. The molecule has 1 fully saturated rings. The van der Waals surface area contributed by atoms with Crippen LogP contribution in [0.1, 0.15) is 30.0 Å². The molecule has 9 heteroatoms. The largest absolute Gasteiger partial charge is 0.383 e. The van der Waals surface area contributed by atoms with Crippen LogP contribution in [-0.2, 0) is 17.8 Å². The predicted molar refractivity (Wildman–Crippen MR) is 146 cm³/mol. The average molecular weight is 514 g/mol. The second-order valence-corrected chi connectivity index (χ2v) is 10.1. The highest BCUT2D eigenvalue weighted by Gasteiger charge is 2.28. The van der Waals surface area contributed by atoms with Crippen molar-refractivity contribution in [2.45, 2.75) is 31.8 Å². The van der Waals surface area contributed by atoms with E-state index in [1.54, 1.807) is 0 Å². The minimum absolute atomic E-state index is 0.00575. The number of carbonyl (C=O) groups is 1. The standard InChI is InChI=1S/C28H28ClN7O/c1-2-24(37)35-12-3-4-22(16-35)36-28-25(27(30)31-17-32-28)26(33-36)19-7-5-18(6-8-19)15-34-13-11-20-14-21(29)9-10-23(20)34/h2,5-10,14,17,22H,1,3-4,11-13,15-16H2,(H2,30,31,32)/t22-/m1/s1. The van der Waals surface area contributed by atoms with Gasteiger partial charge >= 0.3 is 0 Å². The Balaban J connectivity index is 1.30. The first kappa shape index (κ1) is 23.5. The lowest BCUT2D eigenvalue weighted by molar-refractivity contribution is -0.127. The number of aromatic nitrogens is 4. The Labute approximate surface area is 220 Å². The van der Waals surface area contributed by atoms with E-state index in [0.29, 0.717) is 18.0 Å². The van der Waals surface area contributed by atoms with E-state index >= 15 is 0 Å². The van der Waals surface area contributed by atoms with E-state index in [0.717, 1.165) is 60.6 Å². The fourth-order valence-electron chi connectivity index (χ4n) is 5.53. The zero-order valence-electron chi connectivity index (χ0n) is 20.5. The first-order valence-electron chi connectivity index (χ1n) is 12.5. The van der Waals surface area contributed by atoms with Gasteiger partial charge in [-0.15, -0.1) is 0 Å². The van der Waals surface area contributed by atoms with Crippen molar-refractivity contribution >= 4 is 40.0 Å². The quantitative estimate of drug-likeness (QED) is 0.391. The minimum Gasteiger partial charge on any atom is -0.383 e. The minimum atomic E-state index is -0.0603. The number of hydrogen-bond acceptors (Lipinski definition) is 6. The van der Waals surface area contributed by atoms with Gasteiger partial charge in [0.15, 0.2) is 5.65 Å². The Morgan fingerprint density at radius 2 is 2.00 bits per heavy atom. The van der Waals surface area contributed by atoms with Crippen molar-refractivity contribution in [2.24, 2.45) is 0 Å². The highest BCUT2D eigenvalue weighted by Crippen LogP contribution is 2.35. The molecule has 4 aromatic rings. The number of nitrogens with zero attached hydrogens (tertiary/aromatic N) is 6. The van der Waals surface area contributed by atoms with Gasteiger partial charge in [-0.05, 0) is 54.7 Å². The summed E-state index contributed by atoms with van der Waals surface area (Å²) in [6.07, 6.45) is 5.64. The second-order valence-electron chi connectivity index (χ2n) is 9.68. The van der Waals surface area contributed by atoms with Crippen molar-refractivity contribution < 1.29 is 4.79 Å².